The fourth-order valence-corrected chi connectivity index (χ4v) is 4.06. The lowest BCUT2D eigenvalue weighted by Gasteiger charge is -2.58. The normalized spacial score (nSPS) is 24.9. The fraction of sp³-hybridized carbons (Fsp3) is 0.529. The van der Waals surface area contributed by atoms with Gasteiger partial charge in [0, 0.05) is 23.3 Å². The first kappa shape index (κ1) is 19.1. The van der Waals surface area contributed by atoms with Gasteiger partial charge in [0.15, 0.2) is 0 Å². The Balaban J connectivity index is 2.03. The summed E-state index contributed by atoms with van der Waals surface area (Å²) in [5.41, 5.74) is -1.98. The van der Waals surface area contributed by atoms with Gasteiger partial charge in [0.1, 0.15) is 5.54 Å². The summed E-state index contributed by atoms with van der Waals surface area (Å²) in [4.78, 5) is 24.9. The Morgan fingerprint density at radius 3 is 2.62 bits per heavy atom. The van der Waals surface area contributed by atoms with E-state index in [2.05, 4.69) is 5.32 Å². The zero-order valence-electron chi connectivity index (χ0n) is 14.0. The van der Waals surface area contributed by atoms with Gasteiger partial charge in [-0.05, 0) is 19.1 Å². The second kappa shape index (κ2) is 7.33. The number of carboxylic acid groups (broad SMARTS) is 1. The third kappa shape index (κ3) is 3.41. The average molecular weight is 372 g/mol. The van der Waals surface area contributed by atoms with E-state index < -0.39 is 16.9 Å². The van der Waals surface area contributed by atoms with E-state index in [4.69, 9.17) is 16.3 Å². The predicted octanol–water partition coefficient (Wildman–Crippen LogP) is 3.21. The number of nitrogens with one attached hydrogen (secondary N) is 1. The minimum absolute atomic E-state index is 0.105. The summed E-state index contributed by atoms with van der Waals surface area (Å²) in [6.07, 6.45) is 0.0844. The summed E-state index contributed by atoms with van der Waals surface area (Å²) in [7, 11) is 0. The standard InChI is InChI=1S/C17H22ClNO4S/c1-4-23-13-9-17(15(21)22,16(13,2)3)19-14(20)10-24-12-8-6-5-7-11(12)18/h5-8,13H,4,9-10H2,1-3H3,(H,19,20)(H,21,22). The lowest BCUT2D eigenvalue weighted by molar-refractivity contribution is -0.194. The highest BCUT2D eigenvalue weighted by molar-refractivity contribution is 8.00. The minimum Gasteiger partial charge on any atom is -0.479 e. The number of hydrogen-bond acceptors (Lipinski definition) is 4. The summed E-state index contributed by atoms with van der Waals surface area (Å²) in [6, 6.07) is 7.23. The van der Waals surface area contributed by atoms with Crippen LogP contribution >= 0.6 is 23.4 Å². The number of rotatable bonds is 7. The summed E-state index contributed by atoms with van der Waals surface area (Å²) in [5, 5.41) is 13.0. The van der Waals surface area contributed by atoms with Crippen LogP contribution in [-0.2, 0) is 14.3 Å². The van der Waals surface area contributed by atoms with Gasteiger partial charge in [-0.25, -0.2) is 4.79 Å². The van der Waals surface area contributed by atoms with Crippen molar-refractivity contribution in [2.75, 3.05) is 12.4 Å². The molecular weight excluding hydrogens is 350 g/mol. The van der Waals surface area contributed by atoms with E-state index in [0.717, 1.165) is 4.90 Å². The van der Waals surface area contributed by atoms with Crippen molar-refractivity contribution in [3.8, 4) is 0 Å². The van der Waals surface area contributed by atoms with Crippen LogP contribution in [0, 0.1) is 5.41 Å². The van der Waals surface area contributed by atoms with Crippen LogP contribution in [0.1, 0.15) is 27.2 Å². The molecule has 1 fully saturated rings. The monoisotopic (exact) mass is 371 g/mol. The largest absolute Gasteiger partial charge is 0.479 e. The van der Waals surface area contributed by atoms with Gasteiger partial charge in [0.2, 0.25) is 5.91 Å². The first-order chi connectivity index (χ1) is 11.2. The molecule has 2 N–H and O–H groups in total. The summed E-state index contributed by atoms with van der Waals surface area (Å²) in [5.74, 6) is -1.25. The molecule has 1 aromatic rings. The van der Waals surface area contributed by atoms with Crippen LogP contribution in [0.4, 0.5) is 0 Å². The zero-order valence-corrected chi connectivity index (χ0v) is 15.5. The number of thioether (sulfide) groups is 1. The highest BCUT2D eigenvalue weighted by atomic mass is 35.5. The molecular formula is C17H22ClNO4S. The molecule has 0 spiro atoms. The minimum atomic E-state index is -1.30. The topological polar surface area (TPSA) is 75.6 Å². The maximum Gasteiger partial charge on any atom is 0.330 e. The molecule has 2 unspecified atom stereocenters. The number of ether oxygens (including phenoxy) is 1. The van der Waals surface area contributed by atoms with Gasteiger partial charge in [-0.1, -0.05) is 37.6 Å². The van der Waals surface area contributed by atoms with Crippen molar-refractivity contribution in [1.29, 1.82) is 0 Å². The van der Waals surface area contributed by atoms with Crippen LogP contribution in [0.3, 0.4) is 0 Å². The Bertz CT molecular complexity index is 637. The van der Waals surface area contributed by atoms with Crippen molar-refractivity contribution in [1.82, 2.24) is 5.32 Å². The molecule has 24 heavy (non-hydrogen) atoms. The molecule has 0 radical (unpaired) electrons. The van der Waals surface area contributed by atoms with E-state index in [1.54, 1.807) is 6.07 Å². The number of hydrogen-bond donors (Lipinski definition) is 2. The van der Waals surface area contributed by atoms with Crippen LogP contribution in [0.2, 0.25) is 5.02 Å². The molecule has 1 saturated carbocycles. The average Bonchev–Trinajstić information content (AvgIpc) is 2.52. The molecule has 0 heterocycles. The number of aliphatic carboxylic acids is 1. The smallest absolute Gasteiger partial charge is 0.330 e. The van der Waals surface area contributed by atoms with Crippen LogP contribution < -0.4 is 5.32 Å². The van der Waals surface area contributed by atoms with E-state index in [1.807, 2.05) is 39.0 Å². The summed E-state index contributed by atoms with van der Waals surface area (Å²) in [6.45, 7) is 6.01. The van der Waals surface area contributed by atoms with E-state index >= 15 is 0 Å². The molecule has 2 atom stereocenters. The van der Waals surface area contributed by atoms with Crippen molar-refractivity contribution in [2.24, 2.45) is 5.41 Å². The van der Waals surface area contributed by atoms with Crippen LogP contribution in [0.5, 0.6) is 0 Å². The van der Waals surface area contributed by atoms with Gasteiger partial charge in [0.25, 0.3) is 0 Å². The second-order valence-electron chi connectivity index (χ2n) is 6.35. The number of carboxylic acids is 1. The van der Waals surface area contributed by atoms with Gasteiger partial charge in [-0.15, -0.1) is 11.8 Å². The Morgan fingerprint density at radius 2 is 2.08 bits per heavy atom. The molecule has 0 saturated heterocycles. The Hall–Kier alpha value is -1.24. The molecule has 2 rings (SSSR count). The van der Waals surface area contributed by atoms with Crippen LogP contribution in [0.15, 0.2) is 29.2 Å². The SMILES string of the molecule is CCOC1CC(NC(=O)CSc2ccccc2Cl)(C(=O)O)C1(C)C. The van der Waals surface area contributed by atoms with Gasteiger partial charge in [-0.3, -0.25) is 4.79 Å². The number of halogens is 1. The molecule has 0 aliphatic heterocycles. The third-order valence-electron chi connectivity index (χ3n) is 4.68. The molecule has 7 heteroatoms. The number of carbonyl (C=O) groups is 2. The first-order valence-electron chi connectivity index (χ1n) is 7.78. The number of amides is 1. The fourth-order valence-electron chi connectivity index (χ4n) is 3.02. The van der Waals surface area contributed by atoms with Crippen molar-refractivity contribution < 1.29 is 19.4 Å². The predicted molar refractivity (Wildman–Crippen MR) is 94.5 cm³/mol. The highest BCUT2D eigenvalue weighted by Crippen LogP contribution is 2.51. The van der Waals surface area contributed by atoms with Gasteiger partial charge < -0.3 is 15.2 Å². The van der Waals surface area contributed by atoms with Crippen molar-refractivity contribution in [3.05, 3.63) is 29.3 Å². The number of carbonyl (C=O) groups excluding carboxylic acids is 1. The molecule has 1 amide bonds. The van der Waals surface area contributed by atoms with E-state index in [1.165, 1.54) is 11.8 Å². The van der Waals surface area contributed by atoms with Gasteiger partial charge in [-0.2, -0.15) is 0 Å². The van der Waals surface area contributed by atoms with Crippen molar-refractivity contribution in [3.63, 3.8) is 0 Å². The Morgan fingerprint density at radius 1 is 1.42 bits per heavy atom. The van der Waals surface area contributed by atoms with E-state index in [9.17, 15) is 14.7 Å². The molecule has 1 aromatic carbocycles. The molecule has 5 nitrogen and oxygen atoms in total. The first-order valence-corrected chi connectivity index (χ1v) is 9.14. The van der Waals surface area contributed by atoms with Crippen LogP contribution in [0.25, 0.3) is 0 Å². The Kier molecular flexibility index (Phi) is 5.83. The summed E-state index contributed by atoms with van der Waals surface area (Å²) >= 11 is 7.35. The molecule has 0 bridgehead atoms. The third-order valence-corrected chi connectivity index (χ3v) is 6.19. The quantitative estimate of drug-likeness (QED) is 0.720. The van der Waals surface area contributed by atoms with E-state index in [-0.39, 0.29) is 24.2 Å². The lowest BCUT2D eigenvalue weighted by Crippen LogP contribution is -2.76. The highest BCUT2D eigenvalue weighted by Gasteiger charge is 2.66. The molecule has 1 aliphatic carbocycles. The van der Waals surface area contributed by atoms with Crippen LogP contribution in [-0.4, -0.2) is 41.0 Å². The molecule has 132 valence electrons. The zero-order chi connectivity index (χ0) is 18.0. The maximum absolute atomic E-state index is 12.3. The lowest BCUT2D eigenvalue weighted by atomic mass is 9.54. The Labute approximate surface area is 151 Å². The van der Waals surface area contributed by atoms with Crippen molar-refractivity contribution in [2.45, 2.75) is 43.7 Å². The molecule has 1 aliphatic rings. The second-order valence-corrected chi connectivity index (χ2v) is 7.77. The maximum atomic E-state index is 12.3. The summed E-state index contributed by atoms with van der Waals surface area (Å²) < 4.78 is 5.59. The van der Waals surface area contributed by atoms with E-state index in [0.29, 0.717) is 11.6 Å². The number of benzene rings is 1. The van der Waals surface area contributed by atoms with Crippen molar-refractivity contribution >= 4 is 35.2 Å². The molecule has 0 aromatic heterocycles. The van der Waals surface area contributed by atoms with Gasteiger partial charge >= 0.3 is 5.97 Å². The van der Waals surface area contributed by atoms with Gasteiger partial charge in [0.05, 0.1) is 16.9 Å².